The van der Waals surface area contributed by atoms with Crippen molar-refractivity contribution in [2.45, 2.75) is 32.9 Å². The molecule has 33 heavy (non-hydrogen) atoms. The SMILES string of the molecule is Cc1ccccc1-n1c(C)cc([C@H]2[C@H](c3ccccn3)NC(=S)N2c2ccc(F)cc2)c1C. The molecule has 5 rings (SSSR count). The van der Waals surface area contributed by atoms with Gasteiger partial charge in [-0.05, 0) is 92.6 Å². The summed E-state index contributed by atoms with van der Waals surface area (Å²) in [5.41, 5.74) is 7.58. The predicted octanol–water partition coefficient (Wildman–Crippen LogP) is 6.11. The summed E-state index contributed by atoms with van der Waals surface area (Å²) in [4.78, 5) is 6.71. The number of aromatic nitrogens is 2. The van der Waals surface area contributed by atoms with E-state index in [-0.39, 0.29) is 17.9 Å². The molecule has 1 fully saturated rings. The number of nitrogens with one attached hydrogen (secondary N) is 1. The zero-order valence-electron chi connectivity index (χ0n) is 18.8. The van der Waals surface area contributed by atoms with Gasteiger partial charge < -0.3 is 14.8 Å². The summed E-state index contributed by atoms with van der Waals surface area (Å²) in [6.07, 6.45) is 1.80. The van der Waals surface area contributed by atoms with Crippen molar-refractivity contribution in [3.05, 3.63) is 113 Å². The van der Waals surface area contributed by atoms with E-state index in [1.807, 2.05) is 18.2 Å². The lowest BCUT2D eigenvalue weighted by atomic mass is 9.96. The predicted molar refractivity (Wildman–Crippen MR) is 134 cm³/mol. The summed E-state index contributed by atoms with van der Waals surface area (Å²) in [7, 11) is 0. The highest BCUT2D eigenvalue weighted by Gasteiger charge is 2.42. The van der Waals surface area contributed by atoms with Gasteiger partial charge >= 0.3 is 0 Å². The molecule has 0 unspecified atom stereocenters. The number of nitrogens with zero attached hydrogens (tertiary/aromatic N) is 3. The first-order valence-electron chi connectivity index (χ1n) is 11.0. The fourth-order valence-corrected chi connectivity index (χ4v) is 5.17. The van der Waals surface area contributed by atoms with Gasteiger partial charge in [-0.2, -0.15) is 0 Å². The van der Waals surface area contributed by atoms with Crippen LogP contribution in [-0.4, -0.2) is 14.7 Å². The fourth-order valence-electron chi connectivity index (χ4n) is 4.82. The van der Waals surface area contributed by atoms with Crippen molar-refractivity contribution in [3.63, 3.8) is 0 Å². The third-order valence-corrected chi connectivity index (χ3v) is 6.66. The van der Waals surface area contributed by atoms with Crippen LogP contribution in [0.25, 0.3) is 5.69 Å². The maximum atomic E-state index is 13.7. The van der Waals surface area contributed by atoms with Crippen LogP contribution >= 0.6 is 12.2 Å². The summed E-state index contributed by atoms with van der Waals surface area (Å²) < 4.78 is 16.0. The molecular weight excluding hydrogens is 431 g/mol. The van der Waals surface area contributed by atoms with Crippen LogP contribution in [0, 0.1) is 26.6 Å². The minimum Gasteiger partial charge on any atom is -0.351 e. The molecule has 0 amide bonds. The average molecular weight is 457 g/mol. The monoisotopic (exact) mass is 456 g/mol. The molecule has 0 spiro atoms. The molecule has 4 aromatic rings. The van der Waals surface area contributed by atoms with Crippen LogP contribution in [0.1, 0.15) is 40.3 Å². The molecule has 1 N–H and O–H groups in total. The van der Waals surface area contributed by atoms with Crippen LogP contribution in [0.15, 0.2) is 79.0 Å². The van der Waals surface area contributed by atoms with Crippen LogP contribution in [0.5, 0.6) is 0 Å². The second-order valence-corrected chi connectivity index (χ2v) is 8.81. The molecule has 0 aliphatic carbocycles. The number of benzene rings is 2. The van der Waals surface area contributed by atoms with Crippen molar-refractivity contribution in [1.29, 1.82) is 0 Å². The summed E-state index contributed by atoms with van der Waals surface area (Å²) in [6, 6.07) is 22.7. The first kappa shape index (κ1) is 21.3. The van der Waals surface area contributed by atoms with Crippen molar-refractivity contribution in [2.24, 2.45) is 0 Å². The van der Waals surface area contributed by atoms with Gasteiger partial charge in [0.15, 0.2) is 5.11 Å². The molecule has 3 heterocycles. The molecule has 0 radical (unpaired) electrons. The second kappa shape index (κ2) is 8.45. The number of rotatable bonds is 4. The van der Waals surface area contributed by atoms with E-state index in [9.17, 15) is 4.39 Å². The Morgan fingerprint density at radius 2 is 1.67 bits per heavy atom. The van der Waals surface area contributed by atoms with E-state index in [1.54, 1.807) is 18.3 Å². The van der Waals surface area contributed by atoms with Gasteiger partial charge in [0.2, 0.25) is 0 Å². The third kappa shape index (κ3) is 3.70. The van der Waals surface area contributed by atoms with Crippen molar-refractivity contribution < 1.29 is 4.39 Å². The molecule has 1 aliphatic rings. The number of pyridine rings is 1. The van der Waals surface area contributed by atoms with Gasteiger partial charge in [0.05, 0.1) is 17.8 Å². The summed E-state index contributed by atoms with van der Waals surface area (Å²) in [5.74, 6) is -0.271. The molecular formula is C27H25FN4S. The van der Waals surface area contributed by atoms with Gasteiger partial charge in [0.1, 0.15) is 5.82 Å². The Kier molecular flexibility index (Phi) is 5.46. The van der Waals surface area contributed by atoms with Gasteiger partial charge in [-0.3, -0.25) is 4.98 Å². The Bertz CT molecular complexity index is 1310. The molecule has 166 valence electrons. The van der Waals surface area contributed by atoms with E-state index in [0.717, 1.165) is 34.0 Å². The first-order chi connectivity index (χ1) is 16.0. The summed E-state index contributed by atoms with van der Waals surface area (Å²) in [6.45, 7) is 6.40. The fraction of sp³-hybridized carbons (Fsp3) is 0.185. The Morgan fingerprint density at radius 3 is 2.36 bits per heavy atom. The topological polar surface area (TPSA) is 33.1 Å². The van der Waals surface area contributed by atoms with Gasteiger partial charge in [-0.15, -0.1) is 0 Å². The Labute approximate surface area is 198 Å². The largest absolute Gasteiger partial charge is 0.351 e. The smallest absolute Gasteiger partial charge is 0.174 e. The number of anilines is 1. The normalized spacial score (nSPS) is 17.9. The maximum Gasteiger partial charge on any atom is 0.174 e. The van der Waals surface area contributed by atoms with Crippen molar-refractivity contribution in [1.82, 2.24) is 14.9 Å². The molecule has 0 bridgehead atoms. The lowest BCUT2D eigenvalue weighted by Gasteiger charge is -2.28. The molecule has 2 aromatic heterocycles. The molecule has 0 saturated carbocycles. The second-order valence-electron chi connectivity index (χ2n) is 8.42. The first-order valence-corrected chi connectivity index (χ1v) is 11.4. The Morgan fingerprint density at radius 1 is 0.939 bits per heavy atom. The maximum absolute atomic E-state index is 13.7. The Hall–Kier alpha value is -3.51. The van der Waals surface area contributed by atoms with Crippen molar-refractivity contribution in [3.8, 4) is 5.69 Å². The quantitative estimate of drug-likeness (QED) is 0.376. The number of aryl methyl sites for hydroxylation is 2. The van der Waals surface area contributed by atoms with E-state index in [2.05, 4.69) is 70.9 Å². The Balaban J connectivity index is 1.69. The van der Waals surface area contributed by atoms with Gasteiger partial charge in [-0.25, -0.2) is 4.39 Å². The van der Waals surface area contributed by atoms with E-state index < -0.39 is 0 Å². The molecule has 2 aromatic carbocycles. The molecule has 1 aliphatic heterocycles. The van der Waals surface area contributed by atoms with Crippen LogP contribution < -0.4 is 10.2 Å². The van der Waals surface area contributed by atoms with Crippen LogP contribution in [-0.2, 0) is 0 Å². The minimum atomic E-state index is -0.271. The van der Waals surface area contributed by atoms with Crippen LogP contribution in [0.3, 0.4) is 0 Å². The molecule has 1 saturated heterocycles. The van der Waals surface area contributed by atoms with E-state index in [0.29, 0.717) is 5.11 Å². The lowest BCUT2D eigenvalue weighted by molar-refractivity contribution is 0.565. The highest BCUT2D eigenvalue weighted by atomic mass is 32.1. The molecule has 2 atom stereocenters. The summed E-state index contributed by atoms with van der Waals surface area (Å²) >= 11 is 5.79. The standard InChI is InChI=1S/C27H25FN4S/c1-17-8-4-5-10-24(17)31-18(2)16-22(19(31)3)26-25(23-9-6-7-15-29-23)30-27(33)32(26)21-13-11-20(28)12-14-21/h4-16,25-26H,1-3H3,(H,30,33)/t25-,26-/m0/s1. The number of para-hydroxylation sites is 1. The zero-order chi connectivity index (χ0) is 23.1. The van der Waals surface area contributed by atoms with Gasteiger partial charge in [-0.1, -0.05) is 24.3 Å². The molecule has 4 nitrogen and oxygen atoms in total. The zero-order valence-corrected chi connectivity index (χ0v) is 19.6. The van der Waals surface area contributed by atoms with Crippen molar-refractivity contribution >= 4 is 23.0 Å². The van der Waals surface area contributed by atoms with E-state index in [4.69, 9.17) is 12.2 Å². The summed E-state index contributed by atoms with van der Waals surface area (Å²) in [5, 5.41) is 4.08. The average Bonchev–Trinajstić information content (AvgIpc) is 3.31. The van der Waals surface area contributed by atoms with Crippen molar-refractivity contribution in [2.75, 3.05) is 4.90 Å². The lowest BCUT2D eigenvalue weighted by Crippen LogP contribution is -2.29. The number of hydrogen-bond donors (Lipinski definition) is 1. The highest BCUT2D eigenvalue weighted by Crippen LogP contribution is 2.43. The minimum absolute atomic E-state index is 0.137. The van der Waals surface area contributed by atoms with Crippen LogP contribution in [0.2, 0.25) is 0 Å². The molecule has 6 heteroatoms. The van der Waals surface area contributed by atoms with Gasteiger partial charge in [0.25, 0.3) is 0 Å². The van der Waals surface area contributed by atoms with E-state index >= 15 is 0 Å². The number of hydrogen-bond acceptors (Lipinski definition) is 2. The third-order valence-electron chi connectivity index (χ3n) is 6.35. The highest BCUT2D eigenvalue weighted by molar-refractivity contribution is 7.80. The van der Waals surface area contributed by atoms with E-state index in [1.165, 1.54) is 17.7 Å². The number of halogens is 1. The van der Waals surface area contributed by atoms with Gasteiger partial charge in [0, 0.05) is 29.0 Å². The number of thiocarbonyl (C=S) groups is 1. The van der Waals surface area contributed by atoms with Crippen LogP contribution in [0.4, 0.5) is 10.1 Å².